The number of anilines is 2. The molecule has 0 radical (unpaired) electrons. The Morgan fingerprint density at radius 1 is 1.10 bits per heavy atom. The number of likely N-dealkylation sites (N-methyl/N-ethyl adjacent to an activating group) is 1. The number of hydrogen-bond donors (Lipinski definition) is 1. The number of rotatable bonds is 3. The summed E-state index contributed by atoms with van der Waals surface area (Å²) in [7, 11) is 2.10. The molecular weight excluding hydrogens is 360 g/mol. The van der Waals surface area contributed by atoms with Crippen LogP contribution in [0.3, 0.4) is 0 Å². The lowest BCUT2D eigenvalue weighted by Gasteiger charge is -2.28. The summed E-state index contributed by atoms with van der Waals surface area (Å²) in [4.78, 5) is 11.6. The predicted molar refractivity (Wildman–Crippen MR) is 117 cm³/mol. The number of fused-ring (bicyclic) bond motifs is 2. The molecule has 0 amide bonds. The lowest BCUT2D eigenvalue weighted by atomic mass is 9.88. The van der Waals surface area contributed by atoms with Crippen molar-refractivity contribution < 1.29 is 4.74 Å². The van der Waals surface area contributed by atoms with Gasteiger partial charge in [0.2, 0.25) is 0 Å². The molecule has 1 unspecified atom stereocenters. The molecule has 148 valence electrons. The molecule has 5 nitrogen and oxygen atoms in total. The van der Waals surface area contributed by atoms with Gasteiger partial charge in [0, 0.05) is 18.7 Å². The van der Waals surface area contributed by atoms with Crippen LogP contribution in [0, 0.1) is 6.92 Å². The first-order valence-corrected chi connectivity index (χ1v) is 10.4. The SMILES string of the molecule is Cc1nc(NC2CCCc3ccccc32)cc(-c2ccc3c(c2)OCCN3C)n1. The van der Waals surface area contributed by atoms with Crippen molar-refractivity contribution in [3.63, 3.8) is 0 Å². The molecule has 0 saturated heterocycles. The van der Waals surface area contributed by atoms with E-state index in [0.717, 1.165) is 53.7 Å². The van der Waals surface area contributed by atoms with Crippen molar-refractivity contribution in [2.45, 2.75) is 32.2 Å². The molecule has 5 rings (SSSR count). The topological polar surface area (TPSA) is 50.3 Å². The third-order valence-electron chi connectivity index (χ3n) is 5.88. The molecule has 0 saturated carbocycles. The lowest BCUT2D eigenvalue weighted by molar-refractivity contribution is 0.311. The molecule has 1 N–H and O–H groups in total. The molecule has 1 atom stereocenters. The van der Waals surface area contributed by atoms with E-state index in [4.69, 9.17) is 4.74 Å². The summed E-state index contributed by atoms with van der Waals surface area (Å²) >= 11 is 0. The van der Waals surface area contributed by atoms with Gasteiger partial charge >= 0.3 is 0 Å². The molecule has 2 heterocycles. The highest BCUT2D eigenvalue weighted by Crippen LogP contribution is 2.36. The number of nitrogens with zero attached hydrogens (tertiary/aromatic N) is 3. The molecule has 0 spiro atoms. The monoisotopic (exact) mass is 386 g/mol. The van der Waals surface area contributed by atoms with Crippen molar-refractivity contribution >= 4 is 11.5 Å². The van der Waals surface area contributed by atoms with Crippen LogP contribution >= 0.6 is 0 Å². The number of nitrogens with one attached hydrogen (secondary N) is 1. The van der Waals surface area contributed by atoms with Crippen LogP contribution in [-0.4, -0.2) is 30.2 Å². The maximum Gasteiger partial charge on any atom is 0.143 e. The third kappa shape index (κ3) is 3.53. The van der Waals surface area contributed by atoms with Crippen LogP contribution in [-0.2, 0) is 6.42 Å². The van der Waals surface area contributed by atoms with E-state index in [0.29, 0.717) is 12.6 Å². The van der Waals surface area contributed by atoms with Crippen LogP contribution in [0.4, 0.5) is 11.5 Å². The molecule has 1 aromatic heterocycles. The maximum absolute atomic E-state index is 5.88. The second-order valence-corrected chi connectivity index (χ2v) is 7.93. The Bertz CT molecular complexity index is 1050. The molecule has 1 aliphatic heterocycles. The minimum absolute atomic E-state index is 0.294. The smallest absolute Gasteiger partial charge is 0.143 e. The summed E-state index contributed by atoms with van der Waals surface area (Å²) < 4.78 is 5.88. The standard InChI is InChI=1S/C24H26N4O/c1-16-25-21(18-10-11-22-23(14-18)29-13-12-28(22)2)15-24(26-16)27-20-9-5-7-17-6-3-4-8-19(17)20/h3-4,6,8,10-11,14-15,20H,5,7,9,12-13H2,1-2H3,(H,25,26,27). The maximum atomic E-state index is 5.88. The van der Waals surface area contributed by atoms with Crippen molar-refractivity contribution in [3.05, 3.63) is 65.5 Å². The van der Waals surface area contributed by atoms with E-state index in [-0.39, 0.29) is 0 Å². The summed E-state index contributed by atoms with van der Waals surface area (Å²) in [5.74, 6) is 2.57. The third-order valence-corrected chi connectivity index (χ3v) is 5.88. The Labute approximate surface area is 171 Å². The summed E-state index contributed by atoms with van der Waals surface area (Å²) in [5, 5.41) is 3.67. The Morgan fingerprint density at radius 3 is 2.93 bits per heavy atom. The van der Waals surface area contributed by atoms with Crippen LogP contribution in [0.1, 0.15) is 35.8 Å². The van der Waals surface area contributed by atoms with E-state index in [9.17, 15) is 0 Å². The van der Waals surface area contributed by atoms with E-state index in [1.54, 1.807) is 0 Å². The molecule has 1 aliphatic carbocycles. The van der Waals surface area contributed by atoms with Crippen LogP contribution in [0.15, 0.2) is 48.5 Å². The number of ether oxygens (including phenoxy) is 1. The number of hydrogen-bond acceptors (Lipinski definition) is 5. The molecule has 0 bridgehead atoms. The van der Waals surface area contributed by atoms with Crippen molar-refractivity contribution in [2.24, 2.45) is 0 Å². The highest BCUT2D eigenvalue weighted by atomic mass is 16.5. The van der Waals surface area contributed by atoms with Crippen LogP contribution < -0.4 is 15.0 Å². The molecule has 29 heavy (non-hydrogen) atoms. The van der Waals surface area contributed by atoms with Gasteiger partial charge in [0.05, 0.1) is 24.0 Å². The summed E-state index contributed by atoms with van der Waals surface area (Å²) in [6.45, 7) is 3.58. The van der Waals surface area contributed by atoms with Gasteiger partial charge in [-0.25, -0.2) is 9.97 Å². The summed E-state index contributed by atoms with van der Waals surface area (Å²) in [6, 6.07) is 17.4. The van der Waals surface area contributed by atoms with Gasteiger partial charge in [0.1, 0.15) is 24.0 Å². The highest BCUT2D eigenvalue weighted by molar-refractivity contribution is 5.71. The minimum atomic E-state index is 0.294. The van der Waals surface area contributed by atoms with Gasteiger partial charge in [0.15, 0.2) is 0 Å². The van der Waals surface area contributed by atoms with Gasteiger partial charge in [0.25, 0.3) is 0 Å². The first kappa shape index (κ1) is 18.0. The Balaban J connectivity index is 1.46. The van der Waals surface area contributed by atoms with Gasteiger partial charge < -0.3 is 15.0 Å². The van der Waals surface area contributed by atoms with Crippen molar-refractivity contribution in [2.75, 3.05) is 30.4 Å². The largest absolute Gasteiger partial charge is 0.490 e. The van der Waals surface area contributed by atoms with Crippen LogP contribution in [0.5, 0.6) is 5.75 Å². The fraction of sp³-hybridized carbons (Fsp3) is 0.333. The summed E-state index contributed by atoms with van der Waals surface area (Å²) in [5.41, 5.74) is 5.93. The normalized spacial score (nSPS) is 17.9. The zero-order chi connectivity index (χ0) is 19.8. The first-order valence-electron chi connectivity index (χ1n) is 10.4. The lowest BCUT2D eigenvalue weighted by Crippen LogP contribution is -2.28. The van der Waals surface area contributed by atoms with Crippen molar-refractivity contribution in [1.82, 2.24) is 9.97 Å². The molecule has 3 aromatic rings. The van der Waals surface area contributed by atoms with E-state index in [1.807, 2.05) is 6.92 Å². The molecule has 2 aromatic carbocycles. The van der Waals surface area contributed by atoms with Crippen LogP contribution in [0.2, 0.25) is 0 Å². The molecule has 2 aliphatic rings. The minimum Gasteiger partial charge on any atom is -0.490 e. The van der Waals surface area contributed by atoms with Gasteiger partial charge in [-0.15, -0.1) is 0 Å². The Morgan fingerprint density at radius 2 is 2.00 bits per heavy atom. The van der Waals surface area contributed by atoms with E-state index in [2.05, 4.69) is 75.8 Å². The number of aryl methyl sites for hydroxylation is 2. The first-order chi connectivity index (χ1) is 14.2. The van der Waals surface area contributed by atoms with Gasteiger partial charge in [-0.3, -0.25) is 0 Å². The second-order valence-electron chi connectivity index (χ2n) is 7.93. The zero-order valence-electron chi connectivity index (χ0n) is 17.0. The second kappa shape index (κ2) is 7.39. The molecule has 0 fully saturated rings. The fourth-order valence-electron chi connectivity index (χ4n) is 4.39. The molecular formula is C24H26N4O. The van der Waals surface area contributed by atoms with Crippen molar-refractivity contribution in [1.29, 1.82) is 0 Å². The van der Waals surface area contributed by atoms with Gasteiger partial charge in [-0.05, 0) is 49.4 Å². The van der Waals surface area contributed by atoms with E-state index in [1.165, 1.54) is 17.5 Å². The molecule has 5 heteroatoms. The fourth-order valence-corrected chi connectivity index (χ4v) is 4.39. The number of benzene rings is 2. The quantitative estimate of drug-likeness (QED) is 0.703. The van der Waals surface area contributed by atoms with Gasteiger partial charge in [-0.1, -0.05) is 30.3 Å². The highest BCUT2D eigenvalue weighted by Gasteiger charge is 2.21. The van der Waals surface area contributed by atoms with Crippen molar-refractivity contribution in [3.8, 4) is 17.0 Å². The zero-order valence-corrected chi connectivity index (χ0v) is 17.0. The Hall–Kier alpha value is -3.08. The Kier molecular flexibility index (Phi) is 4.58. The van der Waals surface area contributed by atoms with E-state index < -0.39 is 0 Å². The summed E-state index contributed by atoms with van der Waals surface area (Å²) in [6.07, 6.45) is 3.47. The average molecular weight is 386 g/mol. The van der Waals surface area contributed by atoms with E-state index >= 15 is 0 Å². The number of aromatic nitrogens is 2. The average Bonchev–Trinajstić information content (AvgIpc) is 2.74. The predicted octanol–water partition coefficient (Wildman–Crippen LogP) is 4.77. The van der Waals surface area contributed by atoms with Gasteiger partial charge in [-0.2, -0.15) is 0 Å². The van der Waals surface area contributed by atoms with Crippen LogP contribution in [0.25, 0.3) is 11.3 Å².